The molecule has 4 heteroatoms. The highest BCUT2D eigenvalue weighted by Gasteiger charge is 2.32. The Morgan fingerprint density at radius 1 is 1.24 bits per heavy atom. The zero-order valence-electron chi connectivity index (χ0n) is 13.0. The average Bonchev–Trinajstić information content (AvgIpc) is 2.96. The average molecular weight is 285 g/mol. The number of anilines is 1. The molecule has 0 radical (unpaired) electrons. The smallest absolute Gasteiger partial charge is 0.247 e. The zero-order chi connectivity index (χ0) is 14.9. The van der Waals surface area contributed by atoms with Crippen LogP contribution in [0, 0.1) is 11.3 Å². The molecule has 4 nitrogen and oxygen atoms in total. The van der Waals surface area contributed by atoms with Gasteiger partial charge in [-0.1, -0.05) is 20.8 Å². The highest BCUT2D eigenvalue weighted by atomic mass is 16.4. The number of hydrogen-bond donors (Lipinski definition) is 1. The second kappa shape index (κ2) is 5.51. The molecule has 0 bridgehead atoms. The molecule has 2 atom stereocenters. The Balaban J connectivity index is 1.66. The molecule has 1 aromatic carbocycles. The Kier molecular flexibility index (Phi) is 3.70. The summed E-state index contributed by atoms with van der Waals surface area (Å²) in [5, 5.41) is 11.3. The van der Waals surface area contributed by atoms with Gasteiger partial charge in [-0.05, 0) is 54.9 Å². The first kappa shape index (κ1) is 14.1. The predicted octanol–water partition coefficient (Wildman–Crippen LogP) is 4.36. The van der Waals surface area contributed by atoms with Crippen LogP contribution in [0.25, 0.3) is 11.5 Å². The molecule has 1 aliphatic rings. The Morgan fingerprint density at radius 2 is 2.00 bits per heavy atom. The van der Waals surface area contributed by atoms with Gasteiger partial charge >= 0.3 is 0 Å². The van der Waals surface area contributed by atoms with Gasteiger partial charge in [-0.15, -0.1) is 10.2 Å². The third-order valence-electron chi connectivity index (χ3n) is 4.54. The molecule has 112 valence electrons. The van der Waals surface area contributed by atoms with Crippen molar-refractivity contribution in [3.05, 3.63) is 30.7 Å². The lowest BCUT2D eigenvalue weighted by Gasteiger charge is -2.40. The molecule has 0 aliphatic heterocycles. The Labute approximate surface area is 126 Å². The third kappa shape index (κ3) is 3.26. The van der Waals surface area contributed by atoms with Crippen LogP contribution in [-0.2, 0) is 0 Å². The number of rotatable bonds is 3. The van der Waals surface area contributed by atoms with Crippen LogP contribution in [0.5, 0.6) is 0 Å². The first-order valence-corrected chi connectivity index (χ1v) is 7.67. The van der Waals surface area contributed by atoms with Crippen LogP contribution in [0.4, 0.5) is 5.69 Å². The van der Waals surface area contributed by atoms with Crippen molar-refractivity contribution < 1.29 is 4.42 Å². The monoisotopic (exact) mass is 285 g/mol. The van der Waals surface area contributed by atoms with Gasteiger partial charge in [0.15, 0.2) is 0 Å². The fraction of sp³-hybridized carbons (Fsp3) is 0.529. The first-order valence-electron chi connectivity index (χ1n) is 7.67. The highest BCUT2D eigenvalue weighted by molar-refractivity contribution is 5.58. The minimum absolute atomic E-state index is 0.486. The number of benzene rings is 1. The zero-order valence-corrected chi connectivity index (χ0v) is 13.0. The predicted molar refractivity (Wildman–Crippen MR) is 83.9 cm³/mol. The standard InChI is InChI=1S/C17H23N3O/c1-12-10-17(2,3)9-8-15(12)19-14-6-4-13(5-7-14)16-20-18-11-21-16/h4-7,11-12,15,19H,8-10H2,1-3H3. The van der Waals surface area contributed by atoms with E-state index in [1.54, 1.807) is 0 Å². The lowest BCUT2D eigenvalue weighted by molar-refractivity contribution is 0.177. The summed E-state index contributed by atoms with van der Waals surface area (Å²) in [5.74, 6) is 1.26. The molecule has 3 rings (SSSR count). The van der Waals surface area contributed by atoms with Gasteiger partial charge in [0.1, 0.15) is 0 Å². The molecular weight excluding hydrogens is 262 g/mol. The largest absolute Gasteiger partial charge is 0.423 e. The second-order valence-electron chi connectivity index (χ2n) is 6.96. The normalized spacial score (nSPS) is 24.7. The van der Waals surface area contributed by atoms with Crippen molar-refractivity contribution in [3.63, 3.8) is 0 Å². The number of nitrogens with one attached hydrogen (secondary N) is 1. The molecular formula is C17H23N3O. The Morgan fingerprint density at radius 3 is 2.62 bits per heavy atom. The summed E-state index contributed by atoms with van der Waals surface area (Å²) in [6.45, 7) is 7.10. The minimum Gasteiger partial charge on any atom is -0.423 e. The molecule has 1 aliphatic carbocycles. The number of hydrogen-bond acceptors (Lipinski definition) is 4. The molecule has 21 heavy (non-hydrogen) atoms. The maximum atomic E-state index is 5.21. The van der Waals surface area contributed by atoms with Crippen LogP contribution in [0.15, 0.2) is 35.1 Å². The summed E-state index contributed by atoms with van der Waals surface area (Å²) in [4.78, 5) is 0. The van der Waals surface area contributed by atoms with E-state index < -0.39 is 0 Å². The number of aromatic nitrogens is 2. The van der Waals surface area contributed by atoms with Crippen molar-refractivity contribution in [1.82, 2.24) is 10.2 Å². The van der Waals surface area contributed by atoms with E-state index in [1.807, 2.05) is 12.1 Å². The molecule has 1 N–H and O–H groups in total. The summed E-state index contributed by atoms with van der Waals surface area (Å²) < 4.78 is 5.21. The molecule has 2 unspecified atom stereocenters. The Bertz CT molecular complexity index is 575. The highest BCUT2D eigenvalue weighted by Crippen LogP contribution is 2.39. The van der Waals surface area contributed by atoms with Crippen LogP contribution in [-0.4, -0.2) is 16.2 Å². The summed E-state index contributed by atoms with van der Waals surface area (Å²) in [6, 6.07) is 8.78. The molecule has 1 fully saturated rings. The van der Waals surface area contributed by atoms with Crippen LogP contribution in [0.3, 0.4) is 0 Å². The fourth-order valence-electron chi connectivity index (χ4n) is 3.38. The van der Waals surface area contributed by atoms with Crippen molar-refractivity contribution in [2.75, 3.05) is 5.32 Å². The topological polar surface area (TPSA) is 51.0 Å². The molecule has 1 aromatic heterocycles. The van der Waals surface area contributed by atoms with Crippen molar-refractivity contribution in [3.8, 4) is 11.5 Å². The van der Waals surface area contributed by atoms with Crippen LogP contribution in [0.2, 0.25) is 0 Å². The van der Waals surface area contributed by atoms with Gasteiger partial charge in [-0.25, -0.2) is 0 Å². The van der Waals surface area contributed by atoms with E-state index in [4.69, 9.17) is 4.42 Å². The van der Waals surface area contributed by atoms with Crippen LogP contribution < -0.4 is 5.32 Å². The van der Waals surface area contributed by atoms with E-state index in [0.29, 0.717) is 23.3 Å². The van der Waals surface area contributed by atoms with E-state index in [2.05, 4.69) is 48.4 Å². The number of nitrogens with zero attached hydrogens (tertiary/aromatic N) is 2. The van der Waals surface area contributed by atoms with Gasteiger partial charge < -0.3 is 9.73 Å². The van der Waals surface area contributed by atoms with Gasteiger partial charge in [0, 0.05) is 17.3 Å². The molecule has 2 aromatic rings. The van der Waals surface area contributed by atoms with E-state index in [0.717, 1.165) is 11.3 Å². The maximum Gasteiger partial charge on any atom is 0.247 e. The second-order valence-corrected chi connectivity index (χ2v) is 6.96. The molecule has 0 amide bonds. The van der Waals surface area contributed by atoms with Crippen LogP contribution >= 0.6 is 0 Å². The van der Waals surface area contributed by atoms with Crippen molar-refractivity contribution >= 4 is 5.69 Å². The summed E-state index contributed by atoms with van der Waals surface area (Å²) in [7, 11) is 0. The van der Waals surface area contributed by atoms with Gasteiger partial charge in [-0.3, -0.25) is 0 Å². The summed E-state index contributed by atoms with van der Waals surface area (Å²) >= 11 is 0. The maximum absolute atomic E-state index is 5.21. The lowest BCUT2D eigenvalue weighted by Crippen LogP contribution is -2.36. The summed E-state index contributed by atoms with van der Waals surface area (Å²) in [5.41, 5.74) is 2.60. The molecule has 1 heterocycles. The molecule has 1 saturated carbocycles. The van der Waals surface area contributed by atoms with E-state index >= 15 is 0 Å². The quantitative estimate of drug-likeness (QED) is 0.910. The van der Waals surface area contributed by atoms with Crippen molar-refractivity contribution in [2.24, 2.45) is 11.3 Å². The van der Waals surface area contributed by atoms with Crippen molar-refractivity contribution in [1.29, 1.82) is 0 Å². The minimum atomic E-state index is 0.486. The van der Waals surface area contributed by atoms with Gasteiger partial charge in [0.05, 0.1) is 0 Å². The SMILES string of the molecule is CC1CC(C)(C)CCC1Nc1ccc(-c2nnco2)cc1. The Hall–Kier alpha value is -1.84. The van der Waals surface area contributed by atoms with Crippen LogP contribution in [0.1, 0.15) is 40.0 Å². The molecule has 0 saturated heterocycles. The van der Waals surface area contributed by atoms with E-state index in [-0.39, 0.29) is 0 Å². The van der Waals surface area contributed by atoms with Crippen molar-refractivity contribution in [2.45, 2.75) is 46.1 Å². The third-order valence-corrected chi connectivity index (χ3v) is 4.54. The lowest BCUT2D eigenvalue weighted by atomic mass is 9.70. The molecule has 0 spiro atoms. The first-order chi connectivity index (χ1) is 10.0. The van der Waals surface area contributed by atoms with Gasteiger partial charge in [0.25, 0.3) is 0 Å². The summed E-state index contributed by atoms with van der Waals surface area (Å²) in [6.07, 6.45) is 5.16. The van der Waals surface area contributed by atoms with Gasteiger partial charge in [0.2, 0.25) is 12.3 Å². The van der Waals surface area contributed by atoms with E-state index in [1.165, 1.54) is 25.7 Å². The van der Waals surface area contributed by atoms with E-state index in [9.17, 15) is 0 Å². The van der Waals surface area contributed by atoms with Gasteiger partial charge in [-0.2, -0.15) is 0 Å². The fourth-order valence-corrected chi connectivity index (χ4v) is 3.38.